The van der Waals surface area contributed by atoms with E-state index in [1.807, 2.05) is 13.0 Å². The first-order valence-corrected chi connectivity index (χ1v) is 6.97. The van der Waals surface area contributed by atoms with Crippen LogP contribution in [0.2, 0.25) is 0 Å². The quantitative estimate of drug-likeness (QED) is 0.592. The molecule has 0 aliphatic heterocycles. The largest absolute Gasteiger partial charge is 0.480 e. The standard InChI is InChI=1S/C16H22O5/c1-4-21-15(20)16(14(18)19,9-12(3)10-17)13-7-5-6-11(2)8-13/h5-8,12,17H,4,9-10H2,1-3H3,(H,18,19). The van der Waals surface area contributed by atoms with E-state index in [4.69, 9.17) is 4.74 Å². The number of aliphatic hydroxyl groups is 1. The van der Waals surface area contributed by atoms with Gasteiger partial charge in [0.2, 0.25) is 0 Å². The van der Waals surface area contributed by atoms with E-state index in [0.717, 1.165) is 5.56 Å². The molecule has 0 radical (unpaired) electrons. The number of hydrogen-bond acceptors (Lipinski definition) is 4. The average molecular weight is 294 g/mol. The van der Waals surface area contributed by atoms with Gasteiger partial charge in [0.05, 0.1) is 6.61 Å². The van der Waals surface area contributed by atoms with Gasteiger partial charge in [0.15, 0.2) is 5.41 Å². The van der Waals surface area contributed by atoms with Crippen molar-refractivity contribution in [1.29, 1.82) is 0 Å². The Balaban J connectivity index is 3.43. The molecule has 5 heteroatoms. The highest BCUT2D eigenvalue weighted by Crippen LogP contribution is 2.34. The lowest BCUT2D eigenvalue weighted by Gasteiger charge is -2.30. The first-order valence-electron chi connectivity index (χ1n) is 6.97. The molecule has 2 N–H and O–H groups in total. The van der Waals surface area contributed by atoms with Crippen molar-refractivity contribution in [3.63, 3.8) is 0 Å². The topological polar surface area (TPSA) is 83.8 Å². The second-order valence-corrected chi connectivity index (χ2v) is 5.29. The summed E-state index contributed by atoms with van der Waals surface area (Å²) in [4.78, 5) is 24.3. The molecule has 1 rings (SSSR count). The molecule has 0 heterocycles. The zero-order chi connectivity index (χ0) is 16.0. The summed E-state index contributed by atoms with van der Waals surface area (Å²) >= 11 is 0. The number of aliphatic hydroxyl groups excluding tert-OH is 1. The number of carbonyl (C=O) groups is 2. The van der Waals surface area contributed by atoms with E-state index in [-0.39, 0.29) is 25.6 Å². The third-order valence-corrected chi connectivity index (χ3v) is 3.47. The van der Waals surface area contributed by atoms with E-state index in [1.54, 1.807) is 32.0 Å². The Morgan fingerprint density at radius 2 is 2.05 bits per heavy atom. The van der Waals surface area contributed by atoms with Crippen molar-refractivity contribution in [2.45, 2.75) is 32.6 Å². The summed E-state index contributed by atoms with van der Waals surface area (Å²) in [7, 11) is 0. The first kappa shape index (κ1) is 17.2. The Morgan fingerprint density at radius 1 is 1.38 bits per heavy atom. The summed E-state index contributed by atoms with van der Waals surface area (Å²) in [6, 6.07) is 6.83. The number of carboxylic acids is 1. The van der Waals surface area contributed by atoms with Crippen molar-refractivity contribution in [2.24, 2.45) is 5.92 Å². The third-order valence-electron chi connectivity index (χ3n) is 3.47. The van der Waals surface area contributed by atoms with Crippen LogP contribution in [0.15, 0.2) is 24.3 Å². The Hall–Kier alpha value is -1.88. The lowest BCUT2D eigenvalue weighted by atomic mass is 9.73. The molecule has 0 amide bonds. The second-order valence-electron chi connectivity index (χ2n) is 5.29. The van der Waals surface area contributed by atoms with E-state index < -0.39 is 17.4 Å². The zero-order valence-corrected chi connectivity index (χ0v) is 12.6. The monoisotopic (exact) mass is 294 g/mol. The Kier molecular flexibility index (Phi) is 5.90. The average Bonchev–Trinajstić information content (AvgIpc) is 2.44. The zero-order valence-electron chi connectivity index (χ0n) is 12.6. The van der Waals surface area contributed by atoms with Gasteiger partial charge in [-0.15, -0.1) is 0 Å². The molecular weight excluding hydrogens is 272 g/mol. The SMILES string of the molecule is CCOC(=O)C(CC(C)CO)(C(=O)O)c1cccc(C)c1. The fourth-order valence-electron chi connectivity index (χ4n) is 2.37. The van der Waals surface area contributed by atoms with Gasteiger partial charge in [-0.3, -0.25) is 9.59 Å². The van der Waals surface area contributed by atoms with Gasteiger partial charge in [-0.1, -0.05) is 36.8 Å². The Morgan fingerprint density at radius 3 is 2.52 bits per heavy atom. The van der Waals surface area contributed by atoms with Crippen LogP contribution in [0, 0.1) is 12.8 Å². The summed E-state index contributed by atoms with van der Waals surface area (Å²) in [6.07, 6.45) is -0.0128. The lowest BCUT2D eigenvalue weighted by Crippen LogP contribution is -2.46. The summed E-state index contributed by atoms with van der Waals surface area (Å²) < 4.78 is 5.01. The summed E-state index contributed by atoms with van der Waals surface area (Å²) in [5, 5.41) is 19.0. The summed E-state index contributed by atoms with van der Waals surface area (Å²) in [5.41, 5.74) is -0.544. The van der Waals surface area contributed by atoms with Crippen molar-refractivity contribution in [1.82, 2.24) is 0 Å². The number of esters is 1. The van der Waals surface area contributed by atoms with Gasteiger partial charge in [0.25, 0.3) is 0 Å². The van der Waals surface area contributed by atoms with Crippen LogP contribution in [-0.2, 0) is 19.7 Å². The number of carbonyl (C=O) groups excluding carboxylic acids is 1. The van der Waals surface area contributed by atoms with Crippen LogP contribution < -0.4 is 0 Å². The molecule has 21 heavy (non-hydrogen) atoms. The predicted molar refractivity (Wildman–Crippen MR) is 78.0 cm³/mol. The molecule has 2 atom stereocenters. The molecule has 0 saturated carbocycles. The predicted octanol–water partition coefficient (Wildman–Crippen LogP) is 1.90. The summed E-state index contributed by atoms with van der Waals surface area (Å²) in [6.45, 7) is 5.08. The van der Waals surface area contributed by atoms with Crippen molar-refractivity contribution < 1.29 is 24.5 Å². The number of ether oxygens (including phenoxy) is 1. The first-order chi connectivity index (χ1) is 9.88. The van der Waals surface area contributed by atoms with Gasteiger partial charge in [0.1, 0.15) is 0 Å². The number of rotatable bonds is 7. The highest BCUT2D eigenvalue weighted by Gasteiger charge is 2.50. The minimum atomic E-state index is -1.79. The van der Waals surface area contributed by atoms with Gasteiger partial charge in [-0.25, -0.2) is 0 Å². The maximum Gasteiger partial charge on any atom is 0.328 e. The van der Waals surface area contributed by atoms with E-state index in [9.17, 15) is 19.8 Å². The molecule has 0 saturated heterocycles. The van der Waals surface area contributed by atoms with Crippen LogP contribution in [0.1, 0.15) is 31.4 Å². The van der Waals surface area contributed by atoms with Crippen LogP contribution >= 0.6 is 0 Å². The van der Waals surface area contributed by atoms with E-state index in [0.29, 0.717) is 5.56 Å². The van der Waals surface area contributed by atoms with Gasteiger partial charge >= 0.3 is 11.9 Å². The van der Waals surface area contributed by atoms with Crippen LogP contribution in [0.5, 0.6) is 0 Å². The fraction of sp³-hybridized carbons (Fsp3) is 0.500. The van der Waals surface area contributed by atoms with Gasteiger partial charge in [-0.05, 0) is 31.7 Å². The smallest absolute Gasteiger partial charge is 0.328 e. The van der Waals surface area contributed by atoms with Crippen LogP contribution in [-0.4, -0.2) is 35.4 Å². The normalized spacial score (nSPS) is 15.0. The molecule has 5 nitrogen and oxygen atoms in total. The number of benzene rings is 1. The van der Waals surface area contributed by atoms with Crippen molar-refractivity contribution >= 4 is 11.9 Å². The van der Waals surface area contributed by atoms with Crippen LogP contribution in [0.4, 0.5) is 0 Å². The minimum Gasteiger partial charge on any atom is -0.480 e. The molecule has 0 aliphatic rings. The highest BCUT2D eigenvalue weighted by atomic mass is 16.5. The molecule has 0 bridgehead atoms. The molecule has 0 spiro atoms. The highest BCUT2D eigenvalue weighted by molar-refractivity contribution is 6.05. The van der Waals surface area contributed by atoms with E-state index in [2.05, 4.69) is 0 Å². The van der Waals surface area contributed by atoms with Crippen molar-refractivity contribution in [2.75, 3.05) is 13.2 Å². The van der Waals surface area contributed by atoms with E-state index in [1.165, 1.54) is 0 Å². The van der Waals surface area contributed by atoms with E-state index >= 15 is 0 Å². The minimum absolute atomic E-state index is 0.0128. The second kappa shape index (κ2) is 7.22. The maximum atomic E-state index is 12.4. The molecule has 2 unspecified atom stereocenters. The number of aryl methyl sites for hydroxylation is 1. The number of carboxylic acid groups (broad SMARTS) is 1. The number of hydrogen-bond donors (Lipinski definition) is 2. The maximum absolute atomic E-state index is 12.4. The van der Waals surface area contributed by atoms with Crippen LogP contribution in [0.25, 0.3) is 0 Å². The number of aliphatic carboxylic acids is 1. The Bertz CT molecular complexity index is 511. The van der Waals surface area contributed by atoms with Crippen LogP contribution in [0.3, 0.4) is 0 Å². The molecule has 0 fully saturated rings. The molecular formula is C16H22O5. The Labute approximate surface area is 124 Å². The van der Waals surface area contributed by atoms with Gasteiger partial charge in [0, 0.05) is 6.61 Å². The van der Waals surface area contributed by atoms with Crippen molar-refractivity contribution in [3.8, 4) is 0 Å². The molecule has 1 aromatic carbocycles. The van der Waals surface area contributed by atoms with Gasteiger partial charge < -0.3 is 14.9 Å². The van der Waals surface area contributed by atoms with Gasteiger partial charge in [-0.2, -0.15) is 0 Å². The molecule has 0 aliphatic carbocycles. The summed E-state index contributed by atoms with van der Waals surface area (Å²) in [5.74, 6) is -2.39. The van der Waals surface area contributed by atoms with Crippen molar-refractivity contribution in [3.05, 3.63) is 35.4 Å². The third kappa shape index (κ3) is 3.61. The molecule has 0 aromatic heterocycles. The molecule has 1 aromatic rings. The lowest BCUT2D eigenvalue weighted by molar-refractivity contribution is -0.162. The fourth-order valence-corrected chi connectivity index (χ4v) is 2.37. The molecule has 116 valence electrons.